The van der Waals surface area contributed by atoms with E-state index in [0.29, 0.717) is 30.3 Å². The summed E-state index contributed by atoms with van der Waals surface area (Å²) in [7, 11) is 1.36. The molecule has 0 spiro atoms. The van der Waals surface area contributed by atoms with Crippen LogP contribution in [0.25, 0.3) is 0 Å². The SMILES string of the molecule is CCCCC/C=C\C/C=C\C/C=C\C=C\[C@H](O)CCCC(=O)O[C@H](COC(=O)CCCCCCCCCCCCCCCCCCCCC)COP(=O)(O)OCC[N+](C)(C)C. The number of unbranched alkanes of at least 4 members (excludes halogenated alkanes) is 21. The summed E-state index contributed by atoms with van der Waals surface area (Å²) in [6.07, 6.45) is 46.2. The van der Waals surface area contributed by atoms with E-state index in [2.05, 4.69) is 38.2 Å². The molecular weight excluding hydrogens is 790 g/mol. The number of allylic oxidation sites excluding steroid dienone is 7. The summed E-state index contributed by atoms with van der Waals surface area (Å²) in [4.78, 5) is 35.5. The molecule has 10 nitrogen and oxygen atoms in total. The Labute approximate surface area is 374 Å². The molecule has 3 atom stereocenters. The maximum absolute atomic E-state index is 12.7. The highest BCUT2D eigenvalue weighted by atomic mass is 31.2. The molecule has 0 aromatic heterocycles. The van der Waals surface area contributed by atoms with Crippen LogP contribution in [-0.2, 0) is 32.7 Å². The predicted octanol–water partition coefficient (Wildman–Crippen LogP) is 13.2. The summed E-state index contributed by atoms with van der Waals surface area (Å²) in [5, 5.41) is 10.3. The van der Waals surface area contributed by atoms with Gasteiger partial charge in [-0.1, -0.05) is 191 Å². The molecule has 0 amide bonds. The average molecular weight is 883 g/mol. The highest BCUT2D eigenvalue weighted by Crippen LogP contribution is 2.43. The molecule has 2 N–H and O–H groups in total. The summed E-state index contributed by atoms with van der Waals surface area (Å²) < 4.78 is 34.2. The van der Waals surface area contributed by atoms with Crippen LogP contribution in [0.1, 0.15) is 200 Å². The number of carbonyl (C=O) groups is 2. The summed E-state index contributed by atoms with van der Waals surface area (Å²) in [6, 6.07) is 0. The zero-order valence-corrected chi connectivity index (χ0v) is 40.6. The van der Waals surface area contributed by atoms with Gasteiger partial charge in [0.15, 0.2) is 6.10 Å². The van der Waals surface area contributed by atoms with E-state index < -0.39 is 38.6 Å². The largest absolute Gasteiger partial charge is 0.472 e. The Kier molecular flexibility index (Phi) is 40.5. The van der Waals surface area contributed by atoms with Crippen molar-refractivity contribution in [3.05, 3.63) is 48.6 Å². The fraction of sp³-hybridized carbons (Fsp3) is 0.800. The highest BCUT2D eigenvalue weighted by Gasteiger charge is 2.27. The van der Waals surface area contributed by atoms with Gasteiger partial charge < -0.3 is 24.0 Å². The van der Waals surface area contributed by atoms with Gasteiger partial charge in [-0.05, 0) is 44.9 Å². The lowest BCUT2D eigenvalue weighted by molar-refractivity contribution is -0.870. The molecule has 0 aliphatic carbocycles. The number of carbonyl (C=O) groups excluding carboxylic acids is 2. The highest BCUT2D eigenvalue weighted by molar-refractivity contribution is 7.47. The van der Waals surface area contributed by atoms with Crippen LogP contribution < -0.4 is 0 Å². The monoisotopic (exact) mass is 883 g/mol. The van der Waals surface area contributed by atoms with Crippen molar-refractivity contribution in [3.63, 3.8) is 0 Å². The maximum Gasteiger partial charge on any atom is 0.472 e. The second-order valence-corrected chi connectivity index (χ2v) is 19.2. The number of aliphatic hydroxyl groups is 1. The number of aliphatic hydroxyl groups excluding tert-OH is 1. The number of nitrogens with zero attached hydrogens (tertiary/aromatic N) is 1. The number of rotatable bonds is 44. The van der Waals surface area contributed by atoms with E-state index >= 15 is 0 Å². The molecule has 0 aromatic carbocycles. The lowest BCUT2D eigenvalue weighted by Crippen LogP contribution is -2.37. The summed E-state index contributed by atoms with van der Waals surface area (Å²) in [6.45, 7) is 4.19. The van der Waals surface area contributed by atoms with E-state index in [4.69, 9.17) is 18.5 Å². The number of ether oxygens (including phenoxy) is 2. The summed E-state index contributed by atoms with van der Waals surface area (Å²) >= 11 is 0. The number of phosphoric ester groups is 1. The van der Waals surface area contributed by atoms with Crippen LogP contribution >= 0.6 is 7.82 Å². The van der Waals surface area contributed by atoms with Crippen LogP contribution in [0.2, 0.25) is 0 Å². The molecule has 0 aromatic rings. The fourth-order valence-corrected chi connectivity index (χ4v) is 7.33. The Bertz CT molecular complexity index is 1200. The van der Waals surface area contributed by atoms with Crippen molar-refractivity contribution in [2.45, 2.75) is 212 Å². The normalized spacial score (nSPS) is 14.4. The van der Waals surface area contributed by atoms with E-state index in [-0.39, 0.29) is 26.1 Å². The van der Waals surface area contributed by atoms with E-state index in [9.17, 15) is 24.2 Å². The molecule has 0 saturated heterocycles. The maximum atomic E-state index is 12.7. The van der Waals surface area contributed by atoms with Gasteiger partial charge in [0, 0.05) is 12.8 Å². The molecule has 11 heteroatoms. The number of phosphoric acid groups is 1. The Morgan fingerprint density at radius 2 is 1.08 bits per heavy atom. The number of likely N-dealkylation sites (N-methyl/N-ethyl adjacent to an activating group) is 1. The number of esters is 2. The third-order valence-electron chi connectivity index (χ3n) is 10.5. The van der Waals surface area contributed by atoms with Crippen molar-refractivity contribution in [3.8, 4) is 0 Å². The van der Waals surface area contributed by atoms with Gasteiger partial charge in [-0.3, -0.25) is 18.6 Å². The molecule has 0 aliphatic heterocycles. The van der Waals surface area contributed by atoms with Gasteiger partial charge in [-0.25, -0.2) is 4.57 Å². The molecule has 1 unspecified atom stereocenters. The molecule has 0 aliphatic rings. The second-order valence-electron chi connectivity index (χ2n) is 17.7. The van der Waals surface area contributed by atoms with Crippen LogP contribution in [0.5, 0.6) is 0 Å². The molecule has 0 fully saturated rings. The van der Waals surface area contributed by atoms with E-state index in [1.807, 2.05) is 33.3 Å². The van der Waals surface area contributed by atoms with Crippen LogP contribution in [0.15, 0.2) is 48.6 Å². The third kappa shape index (κ3) is 45.8. The zero-order chi connectivity index (χ0) is 45.1. The second kappa shape index (κ2) is 41.9. The lowest BCUT2D eigenvalue weighted by atomic mass is 10.0. The Hall–Kier alpha value is -2.07. The first-order valence-electron chi connectivity index (χ1n) is 24.5. The van der Waals surface area contributed by atoms with Gasteiger partial charge >= 0.3 is 19.8 Å². The molecule has 0 saturated carbocycles. The number of hydrogen-bond acceptors (Lipinski definition) is 8. The van der Waals surface area contributed by atoms with Gasteiger partial charge in [0.1, 0.15) is 19.8 Å². The van der Waals surface area contributed by atoms with Crippen molar-refractivity contribution >= 4 is 19.8 Å². The Morgan fingerprint density at radius 1 is 0.590 bits per heavy atom. The first kappa shape index (κ1) is 58.9. The van der Waals surface area contributed by atoms with Gasteiger partial charge in [0.05, 0.1) is 33.9 Å². The molecule has 0 rings (SSSR count). The summed E-state index contributed by atoms with van der Waals surface area (Å²) in [5.74, 6) is -0.995. The van der Waals surface area contributed by atoms with E-state index in [1.165, 1.54) is 122 Å². The molecule has 61 heavy (non-hydrogen) atoms. The van der Waals surface area contributed by atoms with Gasteiger partial charge in [-0.15, -0.1) is 0 Å². The van der Waals surface area contributed by atoms with E-state index in [0.717, 1.165) is 32.1 Å². The molecular formula is C50H93NO9P+. The third-order valence-corrected chi connectivity index (χ3v) is 11.5. The van der Waals surface area contributed by atoms with Crippen molar-refractivity contribution < 1.29 is 47.2 Å². The Balaban J connectivity index is 4.44. The van der Waals surface area contributed by atoms with Crippen LogP contribution in [0, 0.1) is 0 Å². The lowest BCUT2D eigenvalue weighted by Gasteiger charge is -2.24. The van der Waals surface area contributed by atoms with E-state index in [1.54, 1.807) is 12.2 Å². The van der Waals surface area contributed by atoms with Crippen molar-refractivity contribution in [1.29, 1.82) is 0 Å². The van der Waals surface area contributed by atoms with Crippen molar-refractivity contribution in [2.75, 3.05) is 47.5 Å². The molecule has 0 heterocycles. The topological polar surface area (TPSA) is 129 Å². The quantitative estimate of drug-likeness (QED) is 0.0153. The van der Waals surface area contributed by atoms with Crippen molar-refractivity contribution in [2.24, 2.45) is 0 Å². The van der Waals surface area contributed by atoms with Crippen LogP contribution in [-0.4, -0.2) is 86.1 Å². The average Bonchev–Trinajstić information content (AvgIpc) is 3.21. The zero-order valence-electron chi connectivity index (χ0n) is 39.8. The Morgan fingerprint density at radius 3 is 1.64 bits per heavy atom. The fourth-order valence-electron chi connectivity index (χ4n) is 6.59. The van der Waals surface area contributed by atoms with Gasteiger partial charge in [0.25, 0.3) is 0 Å². The van der Waals surface area contributed by atoms with Crippen LogP contribution in [0.4, 0.5) is 0 Å². The number of hydrogen-bond donors (Lipinski definition) is 2. The minimum Gasteiger partial charge on any atom is -0.462 e. The standard InChI is InChI=1S/C50H92NO9P/c1-6-8-10-12-14-16-18-20-21-22-23-24-25-27-29-31-33-35-37-41-49(53)57-45-48(46-59-61(55,56)58-44-43-51(3,4)5)60-50(54)42-38-40-47(52)39-36-34-32-30-28-26-19-17-15-13-11-9-7-2/h15,17,26,28,32,34,36,39,47-48,52H,6-14,16,18-25,27,29-31,33,35,37-38,40-46H2,1-5H3/p+1/b17-15-,28-26-,34-32-,39-36+/t47-,48+/m0/s1. The van der Waals surface area contributed by atoms with Gasteiger partial charge in [-0.2, -0.15) is 0 Å². The molecule has 0 radical (unpaired) electrons. The molecule has 0 bridgehead atoms. The molecule has 356 valence electrons. The van der Waals surface area contributed by atoms with Crippen LogP contribution in [0.3, 0.4) is 0 Å². The van der Waals surface area contributed by atoms with Gasteiger partial charge in [0.2, 0.25) is 0 Å². The first-order chi connectivity index (χ1) is 29.4. The minimum atomic E-state index is -4.43. The predicted molar refractivity (Wildman–Crippen MR) is 253 cm³/mol. The summed E-state index contributed by atoms with van der Waals surface area (Å²) in [5.41, 5.74) is 0. The van der Waals surface area contributed by atoms with Crippen molar-refractivity contribution in [1.82, 2.24) is 0 Å². The number of quaternary nitrogens is 1. The first-order valence-corrected chi connectivity index (χ1v) is 26.0. The minimum absolute atomic E-state index is 0.00308. The smallest absolute Gasteiger partial charge is 0.462 e.